The van der Waals surface area contributed by atoms with Gasteiger partial charge in [0.25, 0.3) is 0 Å². The number of rotatable bonds is 6. The number of aliphatic hydroxyl groups excluding tert-OH is 4. The Kier molecular flexibility index (Phi) is 7.01. The molecule has 0 spiro atoms. The Morgan fingerprint density at radius 2 is 1.55 bits per heavy atom. The number of fused-ring (bicyclic) bond motifs is 1. The fourth-order valence-electron chi connectivity index (χ4n) is 3.73. The fraction of sp³-hybridized carbons (Fsp3) is 0.286. The van der Waals surface area contributed by atoms with Crippen LogP contribution >= 0.6 is 0 Å². The molecule has 0 saturated carbocycles. The van der Waals surface area contributed by atoms with Crippen molar-refractivity contribution in [2.24, 2.45) is 0 Å². The maximum absolute atomic E-state index is 13.2. The lowest BCUT2D eigenvalue weighted by Gasteiger charge is -2.39. The van der Waals surface area contributed by atoms with Crippen LogP contribution in [-0.2, 0) is 15.1 Å². The highest BCUT2D eigenvalue weighted by Crippen LogP contribution is 2.45. The minimum absolute atomic E-state index is 0.306. The monoisotopic (exact) mass is 560 g/mol. The van der Waals surface area contributed by atoms with E-state index >= 15 is 0 Å². The Bertz CT molecular complexity index is 1550. The van der Waals surface area contributed by atoms with Crippen molar-refractivity contribution in [1.29, 1.82) is 0 Å². The third-order valence-electron chi connectivity index (χ3n) is 5.55. The Labute approximate surface area is 211 Å². The molecule has 17 heteroatoms. The van der Waals surface area contributed by atoms with E-state index < -0.39 is 104 Å². The minimum Gasteiger partial charge on any atom is -0.507 e. The van der Waals surface area contributed by atoms with Crippen LogP contribution < -0.4 is 14.3 Å². The highest BCUT2D eigenvalue weighted by atomic mass is 32.3. The van der Waals surface area contributed by atoms with Crippen LogP contribution in [-0.4, -0.2) is 91.1 Å². The molecule has 1 fully saturated rings. The van der Waals surface area contributed by atoms with Crippen LogP contribution in [0, 0.1) is 0 Å². The Morgan fingerprint density at radius 1 is 0.868 bits per heavy atom. The van der Waals surface area contributed by atoms with Gasteiger partial charge in [0.05, 0.1) is 6.61 Å². The molecule has 38 heavy (non-hydrogen) atoms. The van der Waals surface area contributed by atoms with Crippen LogP contribution in [0.25, 0.3) is 22.3 Å². The van der Waals surface area contributed by atoms with E-state index in [9.17, 15) is 58.6 Å². The summed E-state index contributed by atoms with van der Waals surface area (Å²) < 4.78 is 52.6. The van der Waals surface area contributed by atoms with Crippen LogP contribution in [0.5, 0.6) is 34.5 Å². The smallest absolute Gasteiger partial charge is 0.446 e. The molecule has 0 bridgehead atoms. The zero-order valence-corrected chi connectivity index (χ0v) is 19.5. The van der Waals surface area contributed by atoms with Gasteiger partial charge in [0.2, 0.25) is 23.2 Å². The van der Waals surface area contributed by atoms with E-state index in [-0.39, 0.29) is 5.56 Å². The lowest BCUT2D eigenvalue weighted by molar-refractivity contribution is -0.277. The van der Waals surface area contributed by atoms with E-state index in [0.717, 1.165) is 18.2 Å². The van der Waals surface area contributed by atoms with Crippen molar-refractivity contribution in [1.82, 2.24) is 0 Å². The summed E-state index contributed by atoms with van der Waals surface area (Å²) in [6.07, 6.45) is -8.95. The average molecular weight is 560 g/mol. The number of ether oxygens (including phenoxy) is 2. The largest absolute Gasteiger partial charge is 0.507 e. The van der Waals surface area contributed by atoms with Crippen molar-refractivity contribution in [3.05, 3.63) is 34.5 Å². The summed E-state index contributed by atoms with van der Waals surface area (Å²) in [4.78, 5) is 13.2. The molecule has 1 saturated heterocycles. The number of phenolic OH excluding ortho intramolecular Hbond substituents is 4. The van der Waals surface area contributed by atoms with Crippen molar-refractivity contribution >= 4 is 21.4 Å². The molecule has 2 heterocycles. The number of benzene rings is 2. The van der Waals surface area contributed by atoms with E-state index in [2.05, 4.69) is 4.18 Å². The molecular weight excluding hydrogens is 540 g/mol. The van der Waals surface area contributed by atoms with Gasteiger partial charge < -0.3 is 58.9 Å². The van der Waals surface area contributed by atoms with Crippen LogP contribution in [0.1, 0.15) is 0 Å². The van der Waals surface area contributed by atoms with E-state index in [4.69, 9.17) is 13.9 Å². The second-order valence-corrected chi connectivity index (χ2v) is 9.09. The number of hydrogen-bond donors (Lipinski definition) is 9. The van der Waals surface area contributed by atoms with Crippen LogP contribution in [0.4, 0.5) is 0 Å². The lowest BCUT2D eigenvalue weighted by atomic mass is 9.99. The number of hydrogen-bond acceptors (Lipinski definition) is 15. The predicted molar refractivity (Wildman–Crippen MR) is 121 cm³/mol. The first-order valence-corrected chi connectivity index (χ1v) is 11.8. The molecule has 2 aromatic carbocycles. The second-order valence-electron chi connectivity index (χ2n) is 8.07. The van der Waals surface area contributed by atoms with E-state index in [1.807, 2.05) is 0 Å². The first kappa shape index (κ1) is 27.2. The average Bonchev–Trinajstić information content (AvgIpc) is 2.83. The van der Waals surface area contributed by atoms with E-state index in [0.29, 0.717) is 6.07 Å². The van der Waals surface area contributed by atoms with Crippen molar-refractivity contribution in [2.75, 3.05) is 6.61 Å². The summed E-state index contributed by atoms with van der Waals surface area (Å²) >= 11 is 0. The number of phenols is 4. The van der Waals surface area contributed by atoms with Crippen LogP contribution in [0.2, 0.25) is 0 Å². The van der Waals surface area contributed by atoms with Crippen LogP contribution in [0.3, 0.4) is 0 Å². The van der Waals surface area contributed by atoms with Gasteiger partial charge in [-0.1, -0.05) is 0 Å². The van der Waals surface area contributed by atoms with Crippen molar-refractivity contribution in [3.63, 3.8) is 0 Å². The van der Waals surface area contributed by atoms with Gasteiger partial charge in [0.1, 0.15) is 35.6 Å². The maximum atomic E-state index is 13.2. The Hall–Kier alpha value is -3.84. The third kappa shape index (κ3) is 4.86. The minimum atomic E-state index is -5.36. The third-order valence-corrected chi connectivity index (χ3v) is 5.93. The predicted octanol–water partition coefficient (Wildman–Crippen LogP) is -1.36. The summed E-state index contributed by atoms with van der Waals surface area (Å²) in [6, 6.07) is 3.35. The maximum Gasteiger partial charge on any atom is 0.446 e. The summed E-state index contributed by atoms with van der Waals surface area (Å²) in [7, 11) is -5.36. The lowest BCUT2D eigenvalue weighted by Crippen LogP contribution is -2.60. The Morgan fingerprint density at radius 3 is 2.16 bits per heavy atom. The highest BCUT2D eigenvalue weighted by Gasteiger charge is 2.45. The van der Waals surface area contributed by atoms with Gasteiger partial charge in [-0.2, -0.15) is 8.42 Å². The molecule has 0 amide bonds. The van der Waals surface area contributed by atoms with Gasteiger partial charge in [-0.15, -0.1) is 0 Å². The molecule has 1 aliphatic heterocycles. The summed E-state index contributed by atoms with van der Waals surface area (Å²) in [5, 5.41) is 79.0. The van der Waals surface area contributed by atoms with Gasteiger partial charge in [0.15, 0.2) is 28.6 Å². The molecule has 206 valence electrons. The van der Waals surface area contributed by atoms with Crippen molar-refractivity contribution in [3.8, 4) is 45.8 Å². The first-order valence-electron chi connectivity index (χ1n) is 10.5. The molecule has 1 aromatic heterocycles. The molecule has 16 nitrogen and oxygen atoms in total. The van der Waals surface area contributed by atoms with Crippen LogP contribution in [0.15, 0.2) is 33.5 Å². The summed E-state index contributed by atoms with van der Waals surface area (Å²) in [5.74, 6) is -6.08. The summed E-state index contributed by atoms with van der Waals surface area (Å²) in [5.41, 5.74) is -2.53. The molecule has 0 aliphatic carbocycles. The standard InChI is InChI=1S/C21H20O16S/c22-5-11-13(27)15(29)16(30)21(34-11)36-18-10(26)4-9(25)12-14(28)20(37-38(31,32)33)17(35-19(12)18)6-1-2-7(23)8(24)3-6/h1-4,11,13,15-16,21-27,29-30H,5H2,(H,31,32,33). The van der Waals surface area contributed by atoms with Gasteiger partial charge in [-0.25, -0.2) is 0 Å². The molecule has 5 unspecified atom stereocenters. The molecule has 1 aliphatic rings. The zero-order valence-electron chi connectivity index (χ0n) is 18.7. The fourth-order valence-corrected chi connectivity index (χ4v) is 4.09. The van der Waals surface area contributed by atoms with Gasteiger partial charge >= 0.3 is 10.4 Å². The van der Waals surface area contributed by atoms with Crippen molar-refractivity contribution < 1.29 is 71.9 Å². The second kappa shape index (κ2) is 9.80. The molecule has 5 atom stereocenters. The zero-order chi connectivity index (χ0) is 28.1. The normalized spacial score (nSPS) is 23.9. The van der Waals surface area contributed by atoms with Crippen molar-refractivity contribution in [2.45, 2.75) is 30.7 Å². The molecule has 4 rings (SSSR count). The van der Waals surface area contributed by atoms with Gasteiger partial charge in [0, 0.05) is 11.6 Å². The number of aromatic hydroxyl groups is 4. The molecule has 0 radical (unpaired) electrons. The van der Waals surface area contributed by atoms with E-state index in [1.165, 1.54) is 0 Å². The SMILES string of the molecule is O=c1c(OS(=O)(=O)O)c(-c2ccc(O)c(O)c2)oc2c(OC3OC(CO)C(O)C(O)C3O)c(O)cc(O)c12. The molecule has 9 N–H and O–H groups in total. The number of aliphatic hydroxyl groups is 4. The Balaban J connectivity index is 1.98. The molecular formula is C21H20O16S. The van der Waals surface area contributed by atoms with Gasteiger partial charge in [-0.3, -0.25) is 9.35 Å². The highest BCUT2D eigenvalue weighted by molar-refractivity contribution is 7.81. The van der Waals surface area contributed by atoms with E-state index in [1.54, 1.807) is 0 Å². The molecule has 3 aromatic rings. The topological polar surface area (TPSA) is 274 Å². The quantitative estimate of drug-likeness (QED) is 0.124. The first-order chi connectivity index (χ1) is 17.7. The summed E-state index contributed by atoms with van der Waals surface area (Å²) in [6.45, 7) is -0.826. The van der Waals surface area contributed by atoms with Gasteiger partial charge in [-0.05, 0) is 18.2 Å².